The van der Waals surface area contributed by atoms with Gasteiger partial charge in [0.15, 0.2) is 0 Å². The van der Waals surface area contributed by atoms with Gasteiger partial charge < -0.3 is 9.80 Å². The van der Waals surface area contributed by atoms with Gasteiger partial charge in [0.2, 0.25) is 0 Å². The molecule has 0 saturated heterocycles. The summed E-state index contributed by atoms with van der Waals surface area (Å²) in [5.41, 5.74) is 16.1. The molecule has 218 valence electrons. The highest BCUT2D eigenvalue weighted by Gasteiger charge is 2.43. The van der Waals surface area contributed by atoms with Gasteiger partial charge in [0, 0.05) is 51.8 Å². The number of allylic oxidation sites excluding steroid dienone is 10. The predicted molar refractivity (Wildman–Crippen MR) is 189 cm³/mol. The summed E-state index contributed by atoms with van der Waals surface area (Å²) in [5, 5.41) is 0. The Morgan fingerprint density at radius 3 is 2.38 bits per heavy atom. The highest BCUT2D eigenvalue weighted by molar-refractivity contribution is 5.95. The molecule has 9 rings (SSSR count). The summed E-state index contributed by atoms with van der Waals surface area (Å²) in [6, 6.07) is 38.1. The highest BCUT2D eigenvalue weighted by Crippen LogP contribution is 2.56. The molecule has 1 heterocycles. The van der Waals surface area contributed by atoms with E-state index >= 15 is 0 Å². The van der Waals surface area contributed by atoms with Crippen LogP contribution < -0.4 is 9.80 Å². The lowest BCUT2D eigenvalue weighted by Gasteiger charge is -2.36. The molecule has 0 amide bonds. The van der Waals surface area contributed by atoms with Crippen LogP contribution in [0.4, 0.5) is 22.7 Å². The van der Waals surface area contributed by atoms with Crippen molar-refractivity contribution in [2.24, 2.45) is 5.92 Å². The zero-order valence-electron chi connectivity index (χ0n) is 25.8. The van der Waals surface area contributed by atoms with Crippen molar-refractivity contribution < 1.29 is 0 Å². The minimum atomic E-state index is -0.0751. The standard InChI is InChI=1S/C43H36N2/c1-43(2)39-27-32(22-25-35(39)38-24-21-29-13-9-10-18-34(29)42(38)43)44(30-14-5-3-6-15-30)33-23-26-37-36-19-11-12-20-40(36)45(41(37)28-33)31-16-7-4-8-17-31/h3-20,22-27,29,41H,21,28H2,1-2H3. The molecule has 45 heavy (non-hydrogen) atoms. The van der Waals surface area contributed by atoms with E-state index in [0.29, 0.717) is 5.92 Å². The van der Waals surface area contributed by atoms with E-state index in [1.807, 2.05) is 0 Å². The Balaban J connectivity index is 1.17. The van der Waals surface area contributed by atoms with Crippen LogP contribution in [-0.2, 0) is 5.41 Å². The summed E-state index contributed by atoms with van der Waals surface area (Å²) in [7, 11) is 0. The van der Waals surface area contributed by atoms with E-state index in [4.69, 9.17) is 0 Å². The molecule has 0 fully saturated rings. The van der Waals surface area contributed by atoms with Crippen LogP contribution in [0, 0.1) is 5.92 Å². The van der Waals surface area contributed by atoms with Crippen molar-refractivity contribution in [1.82, 2.24) is 0 Å². The summed E-state index contributed by atoms with van der Waals surface area (Å²) in [5.74, 6) is 0.485. The van der Waals surface area contributed by atoms with E-state index < -0.39 is 0 Å². The molecule has 2 atom stereocenters. The lowest BCUT2D eigenvalue weighted by Crippen LogP contribution is -2.32. The Kier molecular flexibility index (Phi) is 5.83. The van der Waals surface area contributed by atoms with Gasteiger partial charge in [-0.15, -0.1) is 0 Å². The summed E-state index contributed by atoms with van der Waals surface area (Å²) in [6.07, 6.45) is 18.3. The Bertz CT molecular complexity index is 2030. The van der Waals surface area contributed by atoms with E-state index in [1.54, 1.807) is 0 Å². The highest BCUT2D eigenvalue weighted by atomic mass is 15.2. The minimum absolute atomic E-state index is 0.0751. The third-order valence-corrected chi connectivity index (χ3v) is 10.5. The summed E-state index contributed by atoms with van der Waals surface area (Å²) >= 11 is 0. The van der Waals surface area contributed by atoms with Gasteiger partial charge in [-0.25, -0.2) is 0 Å². The molecular weight excluding hydrogens is 544 g/mol. The lowest BCUT2D eigenvalue weighted by molar-refractivity contribution is 0.633. The molecule has 4 aliphatic carbocycles. The Morgan fingerprint density at radius 1 is 0.756 bits per heavy atom. The van der Waals surface area contributed by atoms with Crippen molar-refractivity contribution >= 4 is 33.9 Å². The van der Waals surface area contributed by atoms with Crippen molar-refractivity contribution in [1.29, 1.82) is 0 Å². The SMILES string of the molecule is CC1(C)C2=C3C=CC=CC3CC=C2c2ccc(N(C3=CC=C4c5ccccc5N(c5ccccc5)C4C3)c3ccccc3)cc21. The number of hydrogen-bond acceptors (Lipinski definition) is 2. The fraction of sp³-hybridized carbons (Fsp3) is 0.163. The summed E-state index contributed by atoms with van der Waals surface area (Å²) in [4.78, 5) is 5.03. The first-order valence-corrected chi connectivity index (χ1v) is 16.2. The van der Waals surface area contributed by atoms with Crippen LogP contribution in [0.5, 0.6) is 0 Å². The Hall–Kier alpha value is -5.08. The molecule has 2 unspecified atom stereocenters. The van der Waals surface area contributed by atoms with Gasteiger partial charge in [-0.1, -0.05) is 111 Å². The number of fused-ring (bicyclic) bond motifs is 7. The molecule has 2 nitrogen and oxygen atoms in total. The van der Waals surface area contributed by atoms with Crippen molar-refractivity contribution in [2.45, 2.75) is 38.1 Å². The van der Waals surface area contributed by atoms with Crippen molar-refractivity contribution in [3.05, 3.63) is 179 Å². The number of hydrogen-bond donors (Lipinski definition) is 0. The third-order valence-electron chi connectivity index (χ3n) is 10.5. The molecule has 1 aliphatic heterocycles. The van der Waals surface area contributed by atoms with Gasteiger partial charge in [0.25, 0.3) is 0 Å². The molecule has 0 N–H and O–H groups in total. The molecule has 4 aromatic carbocycles. The third kappa shape index (κ3) is 3.95. The van der Waals surface area contributed by atoms with E-state index in [-0.39, 0.29) is 11.5 Å². The molecular formula is C43H36N2. The molecule has 4 aromatic rings. The van der Waals surface area contributed by atoms with Crippen LogP contribution in [0.3, 0.4) is 0 Å². The Morgan fingerprint density at radius 2 is 1.53 bits per heavy atom. The number of rotatable bonds is 4. The maximum Gasteiger partial charge on any atom is 0.0653 e. The second-order valence-corrected chi connectivity index (χ2v) is 13.3. The Labute approximate surface area is 266 Å². The molecule has 0 bridgehead atoms. The van der Waals surface area contributed by atoms with Crippen molar-refractivity contribution in [3.63, 3.8) is 0 Å². The van der Waals surface area contributed by atoms with Crippen molar-refractivity contribution in [3.8, 4) is 0 Å². The first-order valence-electron chi connectivity index (χ1n) is 16.2. The monoisotopic (exact) mass is 580 g/mol. The second-order valence-electron chi connectivity index (χ2n) is 13.3. The first-order chi connectivity index (χ1) is 22.1. The van der Waals surface area contributed by atoms with Crippen LogP contribution >= 0.6 is 0 Å². The molecule has 5 aliphatic rings. The number of nitrogens with zero attached hydrogens (tertiary/aromatic N) is 2. The van der Waals surface area contributed by atoms with Gasteiger partial charge in [0.05, 0.1) is 6.04 Å². The quantitative estimate of drug-likeness (QED) is 0.237. The molecule has 0 aromatic heterocycles. The van der Waals surface area contributed by atoms with E-state index in [2.05, 4.69) is 169 Å². The second kappa shape index (κ2) is 9.97. The normalized spacial score (nSPS) is 21.6. The predicted octanol–water partition coefficient (Wildman–Crippen LogP) is 10.8. The topological polar surface area (TPSA) is 6.48 Å². The molecule has 0 saturated carbocycles. The maximum absolute atomic E-state index is 2.54. The van der Waals surface area contributed by atoms with Gasteiger partial charge in [0.1, 0.15) is 0 Å². The fourth-order valence-electron chi connectivity index (χ4n) is 8.46. The van der Waals surface area contributed by atoms with Gasteiger partial charge in [-0.2, -0.15) is 0 Å². The van der Waals surface area contributed by atoms with Crippen LogP contribution in [0.2, 0.25) is 0 Å². The van der Waals surface area contributed by atoms with Crippen LogP contribution in [0.1, 0.15) is 43.4 Å². The van der Waals surface area contributed by atoms with Crippen LogP contribution in [-0.4, -0.2) is 6.04 Å². The number of anilines is 4. The van der Waals surface area contributed by atoms with Crippen LogP contribution in [0.25, 0.3) is 11.1 Å². The number of para-hydroxylation sites is 3. The summed E-state index contributed by atoms with van der Waals surface area (Å²) < 4.78 is 0. The first kappa shape index (κ1) is 26.3. The zero-order chi connectivity index (χ0) is 30.1. The average molecular weight is 581 g/mol. The fourth-order valence-corrected chi connectivity index (χ4v) is 8.46. The van der Waals surface area contributed by atoms with E-state index in [0.717, 1.165) is 12.8 Å². The van der Waals surface area contributed by atoms with E-state index in [1.165, 1.54) is 67.4 Å². The largest absolute Gasteiger partial charge is 0.333 e. The molecule has 0 radical (unpaired) electrons. The van der Waals surface area contributed by atoms with Gasteiger partial charge in [-0.05, 0) is 88.4 Å². The zero-order valence-corrected chi connectivity index (χ0v) is 25.8. The maximum atomic E-state index is 2.54. The van der Waals surface area contributed by atoms with Crippen molar-refractivity contribution in [2.75, 3.05) is 9.80 Å². The van der Waals surface area contributed by atoms with Gasteiger partial charge >= 0.3 is 0 Å². The smallest absolute Gasteiger partial charge is 0.0653 e. The van der Waals surface area contributed by atoms with E-state index in [9.17, 15) is 0 Å². The lowest BCUT2D eigenvalue weighted by atomic mass is 9.73. The van der Waals surface area contributed by atoms with Crippen LogP contribution in [0.15, 0.2) is 163 Å². The van der Waals surface area contributed by atoms with Gasteiger partial charge in [-0.3, -0.25) is 0 Å². The minimum Gasteiger partial charge on any atom is -0.333 e. The number of benzene rings is 4. The average Bonchev–Trinajstić information content (AvgIpc) is 3.54. The summed E-state index contributed by atoms with van der Waals surface area (Å²) in [6.45, 7) is 4.84. The molecule has 0 spiro atoms. The molecule has 2 heteroatoms.